The van der Waals surface area contributed by atoms with Gasteiger partial charge in [-0.3, -0.25) is 14.2 Å². The molecule has 10 heteroatoms. The Bertz CT molecular complexity index is 1240. The van der Waals surface area contributed by atoms with Crippen molar-refractivity contribution in [3.8, 4) is 0 Å². The number of imidazole rings is 1. The Balaban J connectivity index is 1.93. The molecular formula is C20H22BrN5O4. The quantitative estimate of drug-likeness (QED) is 0.536. The number of halogens is 1. The molecule has 0 amide bonds. The van der Waals surface area contributed by atoms with Gasteiger partial charge < -0.3 is 14.2 Å². The zero-order valence-corrected chi connectivity index (χ0v) is 18.5. The molecule has 30 heavy (non-hydrogen) atoms. The molecule has 1 aliphatic heterocycles. The second-order valence-electron chi connectivity index (χ2n) is 7.42. The van der Waals surface area contributed by atoms with Gasteiger partial charge in [-0.1, -0.05) is 22.9 Å². The van der Waals surface area contributed by atoms with E-state index in [4.69, 9.17) is 4.74 Å². The number of hydrogen-bond acceptors (Lipinski definition) is 6. The van der Waals surface area contributed by atoms with E-state index in [1.165, 1.54) is 4.57 Å². The molecule has 0 radical (unpaired) electrons. The number of carbonyl (C=O) groups excluding carboxylic acids is 1. The van der Waals surface area contributed by atoms with E-state index >= 15 is 0 Å². The second-order valence-corrected chi connectivity index (χ2v) is 8.34. The van der Waals surface area contributed by atoms with Gasteiger partial charge in [-0.2, -0.15) is 4.98 Å². The third-order valence-corrected chi connectivity index (χ3v) is 5.70. The SMILES string of the molecule is CCOC(=O)Cn1c(=O)c2c(nc3n2C[C@H](C)CN3c2ccc(Br)cc2)n(C)c1=O. The summed E-state index contributed by atoms with van der Waals surface area (Å²) in [7, 11) is 1.55. The highest BCUT2D eigenvalue weighted by molar-refractivity contribution is 9.10. The number of rotatable bonds is 4. The van der Waals surface area contributed by atoms with Crippen molar-refractivity contribution in [1.82, 2.24) is 18.7 Å². The Labute approximate surface area is 180 Å². The molecule has 0 unspecified atom stereocenters. The van der Waals surface area contributed by atoms with Gasteiger partial charge in [-0.05, 0) is 37.1 Å². The van der Waals surface area contributed by atoms with Gasteiger partial charge in [-0.15, -0.1) is 0 Å². The van der Waals surface area contributed by atoms with Crippen LogP contribution in [0.2, 0.25) is 0 Å². The summed E-state index contributed by atoms with van der Waals surface area (Å²) in [6, 6.07) is 7.85. The van der Waals surface area contributed by atoms with Crippen LogP contribution in [-0.2, 0) is 29.7 Å². The molecule has 0 aliphatic carbocycles. The highest BCUT2D eigenvalue weighted by Crippen LogP contribution is 2.33. The number of ether oxygens (including phenoxy) is 1. The lowest BCUT2D eigenvalue weighted by atomic mass is 10.1. The van der Waals surface area contributed by atoms with Gasteiger partial charge in [0.1, 0.15) is 6.54 Å². The smallest absolute Gasteiger partial charge is 0.333 e. The van der Waals surface area contributed by atoms with Crippen LogP contribution in [0.5, 0.6) is 0 Å². The van der Waals surface area contributed by atoms with Crippen molar-refractivity contribution >= 4 is 44.7 Å². The van der Waals surface area contributed by atoms with E-state index < -0.39 is 23.8 Å². The third-order valence-electron chi connectivity index (χ3n) is 5.17. The van der Waals surface area contributed by atoms with Crippen LogP contribution in [0.3, 0.4) is 0 Å². The van der Waals surface area contributed by atoms with Gasteiger partial charge in [0, 0.05) is 30.3 Å². The molecule has 0 fully saturated rings. The Morgan fingerprint density at radius 2 is 1.93 bits per heavy atom. The summed E-state index contributed by atoms with van der Waals surface area (Å²) in [5.74, 6) is 0.222. The number of aryl methyl sites for hydroxylation is 1. The predicted molar refractivity (Wildman–Crippen MR) is 116 cm³/mol. The van der Waals surface area contributed by atoms with Crippen molar-refractivity contribution in [3.63, 3.8) is 0 Å². The molecule has 1 aliphatic rings. The predicted octanol–water partition coefficient (Wildman–Crippen LogP) is 2.01. The zero-order valence-electron chi connectivity index (χ0n) is 17.0. The molecule has 2 aromatic heterocycles. The first-order chi connectivity index (χ1) is 14.3. The Hall–Kier alpha value is -2.88. The van der Waals surface area contributed by atoms with Crippen molar-refractivity contribution in [3.05, 3.63) is 49.6 Å². The van der Waals surface area contributed by atoms with Crippen LogP contribution in [0.15, 0.2) is 38.3 Å². The lowest BCUT2D eigenvalue weighted by Gasteiger charge is -2.33. The number of hydrogen-bond donors (Lipinski definition) is 0. The monoisotopic (exact) mass is 475 g/mol. The van der Waals surface area contributed by atoms with E-state index in [0.717, 1.165) is 21.3 Å². The van der Waals surface area contributed by atoms with Crippen LogP contribution in [0.1, 0.15) is 13.8 Å². The molecule has 0 saturated heterocycles. The van der Waals surface area contributed by atoms with Crippen LogP contribution in [0.4, 0.5) is 11.6 Å². The van der Waals surface area contributed by atoms with Crippen molar-refractivity contribution in [2.45, 2.75) is 26.9 Å². The molecule has 1 aromatic carbocycles. The minimum atomic E-state index is -0.626. The van der Waals surface area contributed by atoms with Crippen LogP contribution in [0.25, 0.3) is 11.2 Å². The second kappa shape index (κ2) is 7.75. The topological polar surface area (TPSA) is 91.4 Å². The molecule has 9 nitrogen and oxygen atoms in total. The van der Waals surface area contributed by atoms with E-state index in [1.54, 1.807) is 14.0 Å². The molecule has 1 atom stereocenters. The maximum absolute atomic E-state index is 13.2. The minimum absolute atomic E-state index is 0.178. The lowest BCUT2D eigenvalue weighted by Crippen LogP contribution is -2.42. The van der Waals surface area contributed by atoms with Gasteiger partial charge in [-0.25, -0.2) is 9.36 Å². The highest BCUT2D eigenvalue weighted by Gasteiger charge is 2.30. The molecule has 3 aromatic rings. The average molecular weight is 476 g/mol. The lowest BCUT2D eigenvalue weighted by molar-refractivity contribution is -0.143. The van der Waals surface area contributed by atoms with E-state index in [2.05, 4.69) is 27.8 Å². The van der Waals surface area contributed by atoms with E-state index in [9.17, 15) is 14.4 Å². The van der Waals surface area contributed by atoms with Gasteiger partial charge in [0.2, 0.25) is 5.95 Å². The Morgan fingerprint density at radius 1 is 1.23 bits per heavy atom. The first-order valence-electron chi connectivity index (χ1n) is 9.70. The maximum atomic E-state index is 13.2. The third kappa shape index (κ3) is 3.34. The Kier molecular flexibility index (Phi) is 5.27. The number of aromatic nitrogens is 4. The molecule has 0 saturated carbocycles. The largest absolute Gasteiger partial charge is 0.465 e. The number of nitrogens with zero attached hydrogens (tertiary/aromatic N) is 5. The van der Waals surface area contributed by atoms with Crippen LogP contribution >= 0.6 is 15.9 Å². The number of carbonyl (C=O) groups is 1. The fraction of sp³-hybridized carbons (Fsp3) is 0.400. The molecule has 0 bridgehead atoms. The van der Waals surface area contributed by atoms with E-state index in [0.29, 0.717) is 23.7 Å². The normalized spacial score (nSPS) is 16.0. The summed E-state index contributed by atoms with van der Waals surface area (Å²) in [6.07, 6.45) is 0. The van der Waals surface area contributed by atoms with Crippen molar-refractivity contribution < 1.29 is 9.53 Å². The minimum Gasteiger partial charge on any atom is -0.465 e. The summed E-state index contributed by atoms with van der Waals surface area (Å²) in [5, 5.41) is 0. The molecule has 4 rings (SSSR count). The first-order valence-corrected chi connectivity index (χ1v) is 10.5. The van der Waals surface area contributed by atoms with Crippen molar-refractivity contribution in [1.29, 1.82) is 0 Å². The zero-order chi connectivity index (χ0) is 21.6. The molecule has 158 valence electrons. The summed E-state index contributed by atoms with van der Waals surface area (Å²) in [4.78, 5) is 44.6. The average Bonchev–Trinajstić information content (AvgIpc) is 3.09. The number of anilines is 2. The first kappa shape index (κ1) is 20.4. The molecule has 0 spiro atoms. The summed E-state index contributed by atoms with van der Waals surface area (Å²) < 4.78 is 9.96. The van der Waals surface area contributed by atoms with Crippen molar-refractivity contribution in [2.24, 2.45) is 13.0 Å². The fourth-order valence-electron chi connectivity index (χ4n) is 3.82. The van der Waals surface area contributed by atoms with Gasteiger partial charge in [0.15, 0.2) is 11.2 Å². The molecule has 0 N–H and O–H groups in total. The summed E-state index contributed by atoms with van der Waals surface area (Å²) in [5.41, 5.74) is 0.420. The van der Waals surface area contributed by atoms with Gasteiger partial charge in [0.05, 0.1) is 6.61 Å². The van der Waals surface area contributed by atoms with Crippen LogP contribution in [-0.4, -0.2) is 37.8 Å². The van der Waals surface area contributed by atoms with Crippen LogP contribution < -0.4 is 16.1 Å². The number of fused-ring (bicyclic) bond motifs is 3. The summed E-state index contributed by atoms with van der Waals surface area (Å²) >= 11 is 3.45. The maximum Gasteiger partial charge on any atom is 0.333 e. The Morgan fingerprint density at radius 3 is 2.60 bits per heavy atom. The standard InChI is InChI=1S/C20H22BrN5O4/c1-4-30-15(27)11-26-18(28)16-17(23(3)20(26)29)22-19-24(9-12(2)10-25(16)19)14-7-5-13(21)6-8-14/h5-8,12H,4,9-11H2,1-3H3/t12-/m1/s1. The van der Waals surface area contributed by atoms with Crippen molar-refractivity contribution in [2.75, 3.05) is 18.1 Å². The van der Waals surface area contributed by atoms with Gasteiger partial charge in [0.25, 0.3) is 5.56 Å². The summed E-state index contributed by atoms with van der Waals surface area (Å²) in [6.45, 7) is 4.84. The van der Waals surface area contributed by atoms with Crippen LogP contribution in [0, 0.1) is 5.92 Å². The molecular weight excluding hydrogens is 454 g/mol. The van der Waals surface area contributed by atoms with E-state index in [-0.39, 0.29) is 12.5 Å². The van der Waals surface area contributed by atoms with E-state index in [1.807, 2.05) is 33.7 Å². The van der Waals surface area contributed by atoms with Gasteiger partial charge >= 0.3 is 11.7 Å². The fourth-order valence-corrected chi connectivity index (χ4v) is 4.08. The number of benzene rings is 1. The molecule has 3 heterocycles. The number of esters is 1. The highest BCUT2D eigenvalue weighted by atomic mass is 79.9.